The lowest BCUT2D eigenvalue weighted by Gasteiger charge is -2.22. The molecule has 1 fully saturated rings. The number of anilines is 1. The van der Waals surface area contributed by atoms with Gasteiger partial charge in [-0.3, -0.25) is 9.59 Å². The first-order chi connectivity index (χ1) is 13.6. The van der Waals surface area contributed by atoms with Gasteiger partial charge in [-0.2, -0.15) is 0 Å². The van der Waals surface area contributed by atoms with Crippen LogP contribution >= 0.6 is 0 Å². The number of amides is 2. The Bertz CT molecular complexity index is 872. The van der Waals surface area contributed by atoms with E-state index in [1.165, 1.54) is 13.5 Å². The van der Waals surface area contributed by atoms with Crippen molar-refractivity contribution in [3.05, 3.63) is 65.2 Å². The number of methoxy groups -OCH3 is 1. The van der Waals surface area contributed by atoms with Crippen molar-refractivity contribution in [3.63, 3.8) is 0 Å². The van der Waals surface area contributed by atoms with Crippen LogP contribution in [0.1, 0.15) is 63.2 Å². The molecule has 3 rings (SSSR count). The Morgan fingerprint density at radius 3 is 2.29 bits per heavy atom. The smallest absolute Gasteiger partial charge is 0.339 e. The minimum atomic E-state index is -0.531. The minimum Gasteiger partial charge on any atom is -0.465 e. The van der Waals surface area contributed by atoms with Gasteiger partial charge in [0, 0.05) is 17.2 Å². The lowest BCUT2D eigenvalue weighted by Crippen LogP contribution is -2.36. The van der Waals surface area contributed by atoms with Crippen molar-refractivity contribution in [2.24, 2.45) is 0 Å². The van der Waals surface area contributed by atoms with Crippen LogP contribution < -0.4 is 10.6 Å². The summed E-state index contributed by atoms with van der Waals surface area (Å²) in [5.41, 5.74) is 1.41. The maximum Gasteiger partial charge on any atom is 0.339 e. The predicted octanol–water partition coefficient (Wildman–Crippen LogP) is 3.79. The molecular formula is C22H24N2O4. The molecule has 0 unspecified atom stereocenters. The fraction of sp³-hybridized carbons (Fsp3) is 0.318. The summed E-state index contributed by atoms with van der Waals surface area (Å²) in [5.74, 6) is -1.10. The maximum atomic E-state index is 12.6. The second-order valence-corrected chi connectivity index (χ2v) is 6.88. The molecule has 1 aliphatic rings. The molecule has 1 aliphatic carbocycles. The van der Waals surface area contributed by atoms with E-state index in [-0.39, 0.29) is 17.5 Å². The minimum absolute atomic E-state index is 0.170. The zero-order valence-electron chi connectivity index (χ0n) is 15.9. The molecule has 0 atom stereocenters. The Morgan fingerprint density at radius 2 is 1.57 bits per heavy atom. The van der Waals surface area contributed by atoms with Gasteiger partial charge in [0.2, 0.25) is 0 Å². The van der Waals surface area contributed by atoms with Crippen molar-refractivity contribution in [3.8, 4) is 0 Å². The van der Waals surface area contributed by atoms with Gasteiger partial charge in [0.25, 0.3) is 11.8 Å². The summed E-state index contributed by atoms with van der Waals surface area (Å²) in [5, 5.41) is 5.77. The highest BCUT2D eigenvalue weighted by Crippen LogP contribution is 2.19. The Labute approximate surface area is 164 Å². The van der Waals surface area contributed by atoms with Gasteiger partial charge in [0.15, 0.2) is 0 Å². The van der Waals surface area contributed by atoms with Crippen LogP contribution in [0, 0.1) is 0 Å². The van der Waals surface area contributed by atoms with Crippen molar-refractivity contribution in [1.82, 2.24) is 5.32 Å². The standard InChI is InChI=1S/C22H24N2O4/c1-28-22(27)18-12-5-6-13-19(18)24-21(26)16-9-7-8-15(14-16)20(25)23-17-10-3-2-4-11-17/h5-9,12-14,17H,2-4,10-11H2,1H3,(H,23,25)(H,24,26). The van der Waals surface area contributed by atoms with E-state index in [9.17, 15) is 14.4 Å². The molecule has 0 aliphatic heterocycles. The van der Waals surface area contributed by atoms with E-state index >= 15 is 0 Å². The Balaban J connectivity index is 1.72. The highest BCUT2D eigenvalue weighted by Gasteiger charge is 2.18. The lowest BCUT2D eigenvalue weighted by atomic mass is 9.95. The van der Waals surface area contributed by atoms with Gasteiger partial charge in [-0.15, -0.1) is 0 Å². The molecule has 28 heavy (non-hydrogen) atoms. The molecule has 0 radical (unpaired) electrons. The molecule has 2 aromatic rings. The maximum absolute atomic E-state index is 12.6. The summed E-state index contributed by atoms with van der Waals surface area (Å²) in [4.78, 5) is 37.0. The highest BCUT2D eigenvalue weighted by atomic mass is 16.5. The van der Waals surface area contributed by atoms with E-state index in [0.29, 0.717) is 16.8 Å². The van der Waals surface area contributed by atoms with Gasteiger partial charge >= 0.3 is 5.97 Å². The number of ether oxygens (including phenoxy) is 1. The van der Waals surface area contributed by atoms with Gasteiger partial charge in [-0.05, 0) is 43.2 Å². The summed E-state index contributed by atoms with van der Waals surface area (Å²) in [6, 6.07) is 13.4. The van der Waals surface area contributed by atoms with E-state index < -0.39 is 11.9 Å². The van der Waals surface area contributed by atoms with Gasteiger partial charge in [0.05, 0.1) is 18.4 Å². The first-order valence-electron chi connectivity index (χ1n) is 9.48. The average Bonchev–Trinajstić information content (AvgIpc) is 2.74. The van der Waals surface area contributed by atoms with Gasteiger partial charge in [-0.1, -0.05) is 37.5 Å². The van der Waals surface area contributed by atoms with E-state index in [1.807, 2.05) is 0 Å². The number of carbonyl (C=O) groups excluding carboxylic acids is 3. The fourth-order valence-electron chi connectivity index (χ4n) is 3.39. The average molecular weight is 380 g/mol. The molecule has 6 nitrogen and oxygen atoms in total. The molecule has 6 heteroatoms. The Kier molecular flexibility index (Phi) is 6.42. The van der Waals surface area contributed by atoms with Crippen LogP contribution in [0.2, 0.25) is 0 Å². The summed E-state index contributed by atoms with van der Waals surface area (Å²) in [6.45, 7) is 0. The van der Waals surface area contributed by atoms with Crippen molar-refractivity contribution in [2.45, 2.75) is 38.1 Å². The molecule has 0 bridgehead atoms. The second kappa shape index (κ2) is 9.17. The predicted molar refractivity (Wildman–Crippen MR) is 107 cm³/mol. The Hall–Kier alpha value is -3.15. The zero-order valence-corrected chi connectivity index (χ0v) is 15.9. The van der Waals surface area contributed by atoms with Crippen molar-refractivity contribution in [1.29, 1.82) is 0 Å². The monoisotopic (exact) mass is 380 g/mol. The normalized spacial score (nSPS) is 14.2. The first-order valence-corrected chi connectivity index (χ1v) is 9.48. The number of para-hydroxylation sites is 1. The number of hydrogen-bond acceptors (Lipinski definition) is 4. The summed E-state index contributed by atoms with van der Waals surface area (Å²) < 4.78 is 4.74. The molecule has 1 saturated carbocycles. The number of carbonyl (C=O) groups is 3. The summed E-state index contributed by atoms with van der Waals surface area (Å²) in [7, 11) is 1.29. The highest BCUT2D eigenvalue weighted by molar-refractivity contribution is 6.09. The number of benzene rings is 2. The van der Waals surface area contributed by atoms with Crippen LogP contribution in [0.4, 0.5) is 5.69 Å². The lowest BCUT2D eigenvalue weighted by molar-refractivity contribution is 0.0601. The third kappa shape index (κ3) is 4.76. The molecule has 0 spiro atoms. The number of rotatable bonds is 5. The van der Waals surface area contributed by atoms with Gasteiger partial charge in [-0.25, -0.2) is 4.79 Å². The number of esters is 1. The number of hydrogen-bond donors (Lipinski definition) is 2. The quantitative estimate of drug-likeness (QED) is 0.773. The largest absolute Gasteiger partial charge is 0.465 e. The van der Waals surface area contributed by atoms with Crippen molar-refractivity contribution < 1.29 is 19.1 Å². The molecular weight excluding hydrogens is 356 g/mol. The van der Waals surface area contributed by atoms with E-state index in [1.54, 1.807) is 48.5 Å². The van der Waals surface area contributed by atoms with Gasteiger partial charge < -0.3 is 15.4 Å². The van der Waals surface area contributed by atoms with Crippen molar-refractivity contribution in [2.75, 3.05) is 12.4 Å². The molecule has 0 heterocycles. The van der Waals surface area contributed by atoms with Crippen LogP contribution in [0.5, 0.6) is 0 Å². The van der Waals surface area contributed by atoms with Crippen molar-refractivity contribution >= 4 is 23.5 Å². The van der Waals surface area contributed by atoms with E-state index in [0.717, 1.165) is 25.7 Å². The van der Waals surface area contributed by atoms with E-state index in [2.05, 4.69) is 10.6 Å². The molecule has 0 saturated heterocycles. The molecule has 2 aromatic carbocycles. The van der Waals surface area contributed by atoms with E-state index in [4.69, 9.17) is 4.74 Å². The molecule has 2 amide bonds. The molecule has 146 valence electrons. The second-order valence-electron chi connectivity index (χ2n) is 6.88. The zero-order chi connectivity index (χ0) is 19.9. The van der Waals surface area contributed by atoms with Gasteiger partial charge in [0.1, 0.15) is 0 Å². The fourth-order valence-corrected chi connectivity index (χ4v) is 3.39. The topological polar surface area (TPSA) is 84.5 Å². The van der Waals surface area contributed by atoms with Crippen LogP contribution in [-0.4, -0.2) is 30.9 Å². The third-order valence-corrected chi connectivity index (χ3v) is 4.91. The first kappa shape index (κ1) is 19.6. The van der Waals surface area contributed by atoms with Crippen LogP contribution in [-0.2, 0) is 4.74 Å². The third-order valence-electron chi connectivity index (χ3n) is 4.91. The molecule has 2 N–H and O–H groups in total. The summed E-state index contributed by atoms with van der Waals surface area (Å²) in [6.07, 6.45) is 5.47. The van der Waals surface area contributed by atoms with Crippen LogP contribution in [0.3, 0.4) is 0 Å². The number of nitrogens with one attached hydrogen (secondary N) is 2. The Morgan fingerprint density at radius 1 is 0.893 bits per heavy atom. The SMILES string of the molecule is COC(=O)c1ccccc1NC(=O)c1cccc(C(=O)NC2CCCCC2)c1. The summed E-state index contributed by atoms with van der Waals surface area (Å²) >= 11 is 0. The van der Waals surface area contributed by atoms with Crippen LogP contribution in [0.25, 0.3) is 0 Å². The van der Waals surface area contributed by atoms with Crippen LogP contribution in [0.15, 0.2) is 48.5 Å². The molecule has 0 aromatic heterocycles.